The van der Waals surface area contributed by atoms with Gasteiger partial charge in [-0.3, -0.25) is 9.20 Å². The second kappa shape index (κ2) is 8.80. The van der Waals surface area contributed by atoms with E-state index in [9.17, 15) is 4.79 Å². The van der Waals surface area contributed by atoms with Crippen molar-refractivity contribution in [1.82, 2.24) is 14.3 Å². The summed E-state index contributed by atoms with van der Waals surface area (Å²) in [6, 6.07) is 8.54. The highest BCUT2D eigenvalue weighted by atomic mass is 32.1. The molecule has 1 aromatic carbocycles. The number of aryl methyl sites for hydroxylation is 1. The van der Waals surface area contributed by atoms with E-state index in [-0.39, 0.29) is 5.41 Å². The third kappa shape index (κ3) is 3.99. The summed E-state index contributed by atoms with van der Waals surface area (Å²) in [5.41, 5.74) is 4.54. The quantitative estimate of drug-likeness (QED) is 0.424. The summed E-state index contributed by atoms with van der Waals surface area (Å²) >= 11 is 1.68. The molecule has 0 radical (unpaired) electrons. The Kier molecular flexibility index (Phi) is 5.77. The van der Waals surface area contributed by atoms with Gasteiger partial charge in [0.1, 0.15) is 0 Å². The third-order valence-electron chi connectivity index (χ3n) is 8.61. The van der Waals surface area contributed by atoms with Crippen LogP contribution in [0.4, 0.5) is 0 Å². The summed E-state index contributed by atoms with van der Waals surface area (Å²) in [7, 11) is 1.73. The Balaban J connectivity index is 1.20. The van der Waals surface area contributed by atoms with Crippen LogP contribution in [0.3, 0.4) is 0 Å². The zero-order chi connectivity index (χ0) is 23.3. The SMILES string of the molecule is COCCN(CCc1csc2nc(-c3ccc(C)cc3)cn12)C(=O)C12CC3CC(CC(C3)C1)C2. The molecule has 4 aliphatic rings. The number of imidazole rings is 1. The van der Waals surface area contributed by atoms with E-state index in [0.29, 0.717) is 19.1 Å². The molecule has 4 bridgehead atoms. The van der Waals surface area contributed by atoms with E-state index in [0.717, 1.165) is 66.2 Å². The number of methoxy groups -OCH3 is 1. The van der Waals surface area contributed by atoms with Gasteiger partial charge in [0.25, 0.3) is 0 Å². The first-order chi connectivity index (χ1) is 16.5. The number of hydrogen-bond donors (Lipinski definition) is 0. The number of hydrogen-bond acceptors (Lipinski definition) is 4. The van der Waals surface area contributed by atoms with Crippen LogP contribution in [0.5, 0.6) is 0 Å². The normalized spacial score (nSPS) is 27.5. The second-order valence-electron chi connectivity index (χ2n) is 11.1. The van der Waals surface area contributed by atoms with Gasteiger partial charge in [0.15, 0.2) is 4.96 Å². The van der Waals surface area contributed by atoms with Gasteiger partial charge in [0.05, 0.1) is 17.7 Å². The van der Waals surface area contributed by atoms with E-state index < -0.39 is 0 Å². The van der Waals surface area contributed by atoms with Gasteiger partial charge < -0.3 is 9.64 Å². The van der Waals surface area contributed by atoms with Gasteiger partial charge in [-0.1, -0.05) is 29.8 Å². The number of nitrogens with zero attached hydrogens (tertiary/aromatic N) is 3. The van der Waals surface area contributed by atoms with E-state index in [2.05, 4.69) is 52.1 Å². The Bertz CT molecular complexity index is 1140. The Morgan fingerprint density at radius 3 is 2.44 bits per heavy atom. The highest BCUT2D eigenvalue weighted by Gasteiger charge is 2.55. The third-order valence-corrected chi connectivity index (χ3v) is 9.50. The van der Waals surface area contributed by atoms with Crippen molar-refractivity contribution in [3.05, 3.63) is 47.1 Å². The average molecular weight is 478 g/mol. The minimum atomic E-state index is -0.0971. The predicted octanol–water partition coefficient (Wildman–Crippen LogP) is 5.61. The van der Waals surface area contributed by atoms with Crippen molar-refractivity contribution in [3.63, 3.8) is 0 Å². The Morgan fingerprint density at radius 1 is 1.12 bits per heavy atom. The number of thiazole rings is 1. The maximum atomic E-state index is 14.0. The summed E-state index contributed by atoms with van der Waals surface area (Å²) in [5.74, 6) is 2.74. The Labute approximate surface area is 206 Å². The number of benzene rings is 1. The number of ether oxygens (including phenoxy) is 1. The lowest BCUT2D eigenvalue weighted by atomic mass is 9.49. The van der Waals surface area contributed by atoms with Gasteiger partial charge in [0, 0.05) is 49.5 Å². The number of carbonyl (C=O) groups excluding carboxylic acids is 1. The summed E-state index contributed by atoms with van der Waals surface area (Å²) in [5, 5.41) is 2.20. The fourth-order valence-corrected chi connectivity index (χ4v) is 8.25. The molecule has 4 fully saturated rings. The number of aromatic nitrogens is 2. The van der Waals surface area contributed by atoms with Crippen LogP contribution in [-0.4, -0.2) is 47.0 Å². The summed E-state index contributed by atoms with van der Waals surface area (Å²) < 4.78 is 7.61. The first-order valence-electron chi connectivity index (χ1n) is 12.8. The van der Waals surface area contributed by atoms with Crippen LogP contribution < -0.4 is 0 Å². The van der Waals surface area contributed by atoms with Gasteiger partial charge in [-0.2, -0.15) is 0 Å². The zero-order valence-electron chi connectivity index (χ0n) is 20.3. The van der Waals surface area contributed by atoms with E-state index in [1.165, 1.54) is 30.5 Å². The van der Waals surface area contributed by atoms with Crippen LogP contribution in [0.1, 0.15) is 49.8 Å². The number of amides is 1. The molecule has 0 unspecified atom stereocenters. The molecule has 34 heavy (non-hydrogen) atoms. The number of fused-ring (bicyclic) bond motifs is 1. The van der Waals surface area contributed by atoms with Crippen molar-refractivity contribution < 1.29 is 9.53 Å². The van der Waals surface area contributed by atoms with Crippen molar-refractivity contribution in [2.75, 3.05) is 26.8 Å². The average Bonchev–Trinajstić information content (AvgIpc) is 3.40. The molecule has 2 heterocycles. The standard InChI is InChI=1S/C28H35N3O2S/c1-19-3-5-23(6-4-19)25-17-31-24(18-34-27(31)29-25)7-8-30(9-10-33-2)26(32)28-14-20-11-21(15-28)13-22(12-20)16-28/h3-6,17-18,20-22H,7-16H2,1-2H3. The topological polar surface area (TPSA) is 46.8 Å². The summed E-state index contributed by atoms with van der Waals surface area (Å²) in [6.45, 7) is 4.13. The lowest BCUT2D eigenvalue weighted by Crippen LogP contribution is -2.55. The fourth-order valence-electron chi connectivity index (χ4n) is 7.35. The molecule has 4 saturated carbocycles. The molecule has 0 spiro atoms. The number of rotatable bonds is 8. The fraction of sp³-hybridized carbons (Fsp3) is 0.571. The Hall–Kier alpha value is -2.18. The van der Waals surface area contributed by atoms with Crippen molar-refractivity contribution in [1.29, 1.82) is 0 Å². The summed E-state index contributed by atoms with van der Waals surface area (Å²) in [4.78, 5) is 22.0. The first-order valence-corrected chi connectivity index (χ1v) is 13.7. The largest absolute Gasteiger partial charge is 0.383 e. The van der Waals surface area contributed by atoms with Gasteiger partial charge >= 0.3 is 0 Å². The van der Waals surface area contributed by atoms with Gasteiger partial charge in [-0.15, -0.1) is 11.3 Å². The molecule has 5 nitrogen and oxygen atoms in total. The molecule has 3 aromatic rings. The minimum absolute atomic E-state index is 0.0971. The highest BCUT2D eigenvalue weighted by molar-refractivity contribution is 7.15. The van der Waals surface area contributed by atoms with Crippen LogP contribution in [0, 0.1) is 30.1 Å². The van der Waals surface area contributed by atoms with Gasteiger partial charge in [0.2, 0.25) is 5.91 Å². The van der Waals surface area contributed by atoms with Crippen molar-refractivity contribution >= 4 is 22.2 Å². The molecule has 2 aromatic heterocycles. The van der Waals surface area contributed by atoms with Crippen LogP contribution in [0.2, 0.25) is 0 Å². The van der Waals surface area contributed by atoms with Gasteiger partial charge in [-0.05, 0) is 63.2 Å². The van der Waals surface area contributed by atoms with Crippen LogP contribution in [-0.2, 0) is 16.0 Å². The molecule has 6 heteroatoms. The number of carbonyl (C=O) groups is 1. The molecule has 0 atom stereocenters. The smallest absolute Gasteiger partial charge is 0.228 e. The highest BCUT2D eigenvalue weighted by Crippen LogP contribution is 2.60. The molecule has 0 saturated heterocycles. The second-order valence-corrected chi connectivity index (χ2v) is 11.9. The first kappa shape index (κ1) is 22.3. The maximum absolute atomic E-state index is 14.0. The van der Waals surface area contributed by atoms with E-state index >= 15 is 0 Å². The minimum Gasteiger partial charge on any atom is -0.383 e. The van der Waals surface area contributed by atoms with E-state index in [4.69, 9.17) is 9.72 Å². The van der Waals surface area contributed by atoms with Crippen LogP contribution in [0.25, 0.3) is 16.2 Å². The lowest BCUT2D eigenvalue weighted by molar-refractivity contribution is -0.158. The van der Waals surface area contributed by atoms with Gasteiger partial charge in [-0.25, -0.2) is 4.98 Å². The molecule has 180 valence electrons. The molecule has 4 aliphatic carbocycles. The molecule has 0 N–H and O–H groups in total. The van der Waals surface area contributed by atoms with E-state index in [1.807, 2.05) is 0 Å². The van der Waals surface area contributed by atoms with Crippen molar-refractivity contribution in [2.45, 2.75) is 51.9 Å². The summed E-state index contributed by atoms with van der Waals surface area (Å²) in [6.07, 6.45) is 10.4. The Morgan fingerprint density at radius 2 is 1.79 bits per heavy atom. The molecule has 7 rings (SSSR count). The lowest BCUT2D eigenvalue weighted by Gasteiger charge is -2.56. The van der Waals surface area contributed by atoms with Crippen molar-refractivity contribution in [2.24, 2.45) is 23.2 Å². The zero-order valence-corrected chi connectivity index (χ0v) is 21.2. The van der Waals surface area contributed by atoms with Crippen LogP contribution >= 0.6 is 11.3 Å². The monoisotopic (exact) mass is 477 g/mol. The van der Waals surface area contributed by atoms with Crippen molar-refractivity contribution in [3.8, 4) is 11.3 Å². The molecule has 1 amide bonds. The maximum Gasteiger partial charge on any atom is 0.228 e. The molecule has 0 aliphatic heterocycles. The van der Waals surface area contributed by atoms with E-state index in [1.54, 1.807) is 18.4 Å². The molecular formula is C28H35N3O2S. The van der Waals surface area contributed by atoms with Crippen LogP contribution in [0.15, 0.2) is 35.8 Å². The molecular weight excluding hydrogens is 442 g/mol. The predicted molar refractivity (Wildman–Crippen MR) is 136 cm³/mol.